The second-order valence-electron chi connectivity index (χ2n) is 2.67. The third-order valence-electron chi connectivity index (χ3n) is 1.54. The van der Waals surface area contributed by atoms with Gasteiger partial charge >= 0.3 is 6.18 Å². The van der Waals surface area contributed by atoms with Crippen molar-refractivity contribution in [3.8, 4) is 0 Å². The molecule has 1 aromatic heterocycles. The van der Waals surface area contributed by atoms with Crippen LogP contribution in [0.15, 0.2) is 0 Å². The van der Waals surface area contributed by atoms with Crippen LogP contribution in [0.3, 0.4) is 0 Å². The van der Waals surface area contributed by atoms with Gasteiger partial charge in [-0.15, -0.1) is 5.10 Å². The molecule has 1 heterocycles. The number of nitrogens with zero attached hydrogens (tertiary/aromatic N) is 3. The van der Waals surface area contributed by atoms with Gasteiger partial charge in [0.1, 0.15) is 0 Å². The number of halogens is 3. The van der Waals surface area contributed by atoms with Gasteiger partial charge in [0, 0.05) is 7.11 Å². The predicted molar refractivity (Wildman–Crippen MR) is 44.8 cm³/mol. The molecule has 0 spiro atoms. The van der Waals surface area contributed by atoms with Crippen LogP contribution in [0, 0.1) is 0 Å². The fourth-order valence-electron chi connectivity index (χ4n) is 0.804. The van der Waals surface area contributed by atoms with Crippen LogP contribution in [-0.4, -0.2) is 35.4 Å². The zero-order valence-electron chi connectivity index (χ0n) is 7.88. The predicted octanol–water partition coefficient (Wildman–Crippen LogP) is 0.150. The van der Waals surface area contributed by atoms with Gasteiger partial charge in [-0.3, -0.25) is 5.01 Å². The molecular formula is C6H10F3N5O. The summed E-state index contributed by atoms with van der Waals surface area (Å²) in [5, 5.41) is 6.07. The molecule has 0 fully saturated rings. The molecule has 0 radical (unpaired) electrons. The first kappa shape index (κ1) is 11.7. The maximum Gasteiger partial charge on any atom is 0.453 e. The van der Waals surface area contributed by atoms with Crippen LogP contribution in [0.25, 0.3) is 0 Å². The summed E-state index contributed by atoms with van der Waals surface area (Å²) in [7, 11) is 1.45. The van der Waals surface area contributed by atoms with Crippen LogP contribution in [-0.2, 0) is 10.9 Å². The van der Waals surface area contributed by atoms with E-state index in [1.165, 1.54) is 7.11 Å². The van der Waals surface area contributed by atoms with Crippen LogP contribution in [0.1, 0.15) is 5.82 Å². The standard InChI is InChI=1S/C6H10F3N5O/c1-15-3-2-14(10)5-11-4(12-13-5)6(7,8)9/h2-3,10H2,1H3,(H,11,12,13). The minimum absolute atomic E-state index is 0.153. The number of methoxy groups -OCH3 is 1. The largest absolute Gasteiger partial charge is 0.453 e. The van der Waals surface area contributed by atoms with Gasteiger partial charge < -0.3 is 4.74 Å². The highest BCUT2D eigenvalue weighted by Gasteiger charge is 2.36. The Morgan fingerprint density at radius 3 is 2.67 bits per heavy atom. The van der Waals surface area contributed by atoms with Crippen LogP contribution in [0.4, 0.5) is 19.1 Å². The molecule has 0 saturated heterocycles. The number of H-pyrrole nitrogens is 1. The molecule has 0 unspecified atom stereocenters. The molecule has 0 amide bonds. The lowest BCUT2D eigenvalue weighted by molar-refractivity contribution is -0.144. The van der Waals surface area contributed by atoms with Gasteiger partial charge in [0.15, 0.2) is 0 Å². The van der Waals surface area contributed by atoms with Gasteiger partial charge in [0.2, 0.25) is 5.95 Å². The van der Waals surface area contributed by atoms with Crippen molar-refractivity contribution in [1.29, 1.82) is 0 Å². The van der Waals surface area contributed by atoms with Crippen LogP contribution < -0.4 is 10.9 Å². The zero-order valence-corrected chi connectivity index (χ0v) is 7.88. The van der Waals surface area contributed by atoms with E-state index < -0.39 is 12.0 Å². The number of hydrogen-bond acceptors (Lipinski definition) is 5. The van der Waals surface area contributed by atoms with E-state index >= 15 is 0 Å². The molecule has 0 aliphatic heterocycles. The molecule has 1 aromatic rings. The number of nitrogens with two attached hydrogens (primary N) is 1. The van der Waals surface area contributed by atoms with Gasteiger partial charge in [-0.25, -0.2) is 10.9 Å². The Balaban J connectivity index is 2.67. The summed E-state index contributed by atoms with van der Waals surface area (Å²) in [4.78, 5) is 3.19. The van der Waals surface area contributed by atoms with Gasteiger partial charge in [0.05, 0.1) is 13.2 Å². The number of anilines is 1. The summed E-state index contributed by atoms with van der Waals surface area (Å²) in [6, 6.07) is 0. The highest BCUT2D eigenvalue weighted by atomic mass is 19.4. The highest BCUT2D eigenvalue weighted by Crippen LogP contribution is 2.26. The lowest BCUT2D eigenvalue weighted by Gasteiger charge is -2.13. The first-order chi connectivity index (χ1) is 6.95. The van der Waals surface area contributed by atoms with E-state index in [9.17, 15) is 13.2 Å². The quantitative estimate of drug-likeness (QED) is 0.563. The topological polar surface area (TPSA) is 80.1 Å². The van der Waals surface area contributed by atoms with Crippen molar-refractivity contribution in [3.63, 3.8) is 0 Å². The number of ether oxygens (including phenoxy) is 1. The molecule has 0 saturated carbocycles. The van der Waals surface area contributed by atoms with Crippen LogP contribution in [0.5, 0.6) is 0 Å². The molecule has 0 aromatic carbocycles. The molecule has 86 valence electrons. The van der Waals surface area contributed by atoms with E-state index in [0.717, 1.165) is 5.01 Å². The molecule has 1 rings (SSSR count). The molecule has 9 heteroatoms. The minimum Gasteiger partial charge on any atom is -0.383 e. The number of hydrazine groups is 1. The zero-order chi connectivity index (χ0) is 11.5. The molecule has 0 bridgehead atoms. The number of alkyl halides is 3. The normalized spacial score (nSPS) is 11.8. The van der Waals surface area contributed by atoms with E-state index in [4.69, 9.17) is 10.6 Å². The Morgan fingerprint density at radius 1 is 1.53 bits per heavy atom. The first-order valence-electron chi connectivity index (χ1n) is 3.96. The number of hydrogen-bond donors (Lipinski definition) is 2. The minimum atomic E-state index is -4.57. The van der Waals surface area contributed by atoms with E-state index in [1.54, 1.807) is 0 Å². The van der Waals surface area contributed by atoms with E-state index in [1.807, 2.05) is 0 Å². The molecule has 0 aliphatic rings. The summed E-state index contributed by atoms with van der Waals surface area (Å²) in [6.45, 7) is 0.488. The molecule has 6 nitrogen and oxygen atoms in total. The first-order valence-corrected chi connectivity index (χ1v) is 3.96. The maximum absolute atomic E-state index is 12.1. The van der Waals surface area contributed by atoms with Gasteiger partial charge in [0.25, 0.3) is 5.82 Å². The van der Waals surface area contributed by atoms with Crippen molar-refractivity contribution in [2.75, 3.05) is 25.3 Å². The fraction of sp³-hybridized carbons (Fsp3) is 0.667. The Kier molecular flexibility index (Phi) is 3.48. The summed E-state index contributed by atoms with van der Waals surface area (Å²) in [5.74, 6) is 3.99. The number of nitrogens with one attached hydrogen (secondary N) is 1. The van der Waals surface area contributed by atoms with E-state index in [2.05, 4.69) is 15.2 Å². The molecule has 0 aliphatic carbocycles. The molecular weight excluding hydrogens is 215 g/mol. The number of aromatic nitrogens is 3. The smallest absolute Gasteiger partial charge is 0.383 e. The Morgan fingerprint density at radius 2 is 2.20 bits per heavy atom. The Hall–Kier alpha value is -1.35. The van der Waals surface area contributed by atoms with Crippen molar-refractivity contribution in [2.45, 2.75) is 6.18 Å². The second-order valence-corrected chi connectivity index (χ2v) is 2.67. The Labute approximate surface area is 83.2 Å². The van der Waals surface area contributed by atoms with Crippen LogP contribution in [0.2, 0.25) is 0 Å². The van der Waals surface area contributed by atoms with Crippen molar-refractivity contribution in [3.05, 3.63) is 5.82 Å². The molecule has 3 N–H and O–H groups in total. The van der Waals surface area contributed by atoms with Crippen molar-refractivity contribution < 1.29 is 17.9 Å². The summed E-state index contributed by atoms with van der Waals surface area (Å²) in [5.41, 5.74) is 0. The number of rotatable bonds is 4. The second kappa shape index (κ2) is 4.45. The van der Waals surface area contributed by atoms with Crippen molar-refractivity contribution in [1.82, 2.24) is 15.2 Å². The van der Waals surface area contributed by atoms with E-state index in [-0.39, 0.29) is 19.1 Å². The van der Waals surface area contributed by atoms with Crippen molar-refractivity contribution in [2.24, 2.45) is 5.84 Å². The lowest BCUT2D eigenvalue weighted by Crippen LogP contribution is -2.35. The van der Waals surface area contributed by atoms with Gasteiger partial charge in [-0.1, -0.05) is 0 Å². The van der Waals surface area contributed by atoms with Gasteiger partial charge in [-0.2, -0.15) is 18.2 Å². The summed E-state index contributed by atoms with van der Waals surface area (Å²) in [6.07, 6.45) is -4.57. The summed E-state index contributed by atoms with van der Waals surface area (Å²) < 4.78 is 41.0. The Bertz CT molecular complexity index is 312. The number of aromatic amines is 1. The lowest BCUT2D eigenvalue weighted by atomic mass is 10.6. The van der Waals surface area contributed by atoms with E-state index in [0.29, 0.717) is 0 Å². The third-order valence-corrected chi connectivity index (χ3v) is 1.54. The summed E-state index contributed by atoms with van der Waals surface area (Å²) >= 11 is 0. The third kappa shape index (κ3) is 3.06. The van der Waals surface area contributed by atoms with Gasteiger partial charge in [-0.05, 0) is 0 Å². The fourth-order valence-corrected chi connectivity index (χ4v) is 0.804. The van der Waals surface area contributed by atoms with Crippen LogP contribution >= 0.6 is 0 Å². The maximum atomic E-state index is 12.1. The molecule has 0 atom stereocenters. The highest BCUT2D eigenvalue weighted by molar-refractivity contribution is 5.25. The average molecular weight is 225 g/mol. The monoisotopic (exact) mass is 225 g/mol. The average Bonchev–Trinajstić information content (AvgIpc) is 2.62. The van der Waals surface area contributed by atoms with Crippen molar-refractivity contribution >= 4 is 5.95 Å². The SMILES string of the molecule is COCCN(N)c1nc(C(F)(F)F)n[nH]1. The molecule has 15 heavy (non-hydrogen) atoms.